The average Bonchev–Trinajstić information content (AvgIpc) is 3.64. The number of nitrogens with one attached hydrogen (secondary N) is 2. The Labute approximate surface area is 243 Å². The molecular weight excluding hydrogens is 558 g/mol. The lowest BCUT2D eigenvalue weighted by molar-refractivity contribution is 0.262. The first-order valence-electron chi connectivity index (χ1n) is 13.0. The number of rotatable bonds is 7. The molecule has 0 aliphatic carbocycles. The van der Waals surface area contributed by atoms with Crippen LogP contribution in [0.25, 0.3) is 22.5 Å². The molecule has 4 aromatic heterocycles. The van der Waals surface area contributed by atoms with Gasteiger partial charge in [-0.3, -0.25) is 0 Å². The number of carbonyl (C=O) groups is 1. The highest BCUT2D eigenvalue weighted by atomic mass is 35.5. The van der Waals surface area contributed by atoms with Gasteiger partial charge in [0.2, 0.25) is 0 Å². The molecule has 6 aromatic rings. The fraction of sp³-hybridized carbons (Fsp3) is 0.107. The van der Waals surface area contributed by atoms with Crippen LogP contribution in [0.1, 0.15) is 6.42 Å². The van der Waals surface area contributed by atoms with Crippen LogP contribution in [0.2, 0.25) is 5.02 Å². The number of hydrogen-bond donors (Lipinski definition) is 2. The Bertz CT molecular complexity index is 1870. The Morgan fingerprint density at radius 1 is 0.952 bits per heavy atom. The summed E-state index contributed by atoms with van der Waals surface area (Å²) in [5, 5.41) is 18.1. The number of aromatic nitrogens is 8. The maximum Gasteiger partial charge on any atom is 0.323 e. The van der Waals surface area contributed by atoms with Gasteiger partial charge in [-0.1, -0.05) is 28.9 Å². The van der Waals surface area contributed by atoms with Crippen molar-refractivity contribution in [3.8, 4) is 28.6 Å². The van der Waals surface area contributed by atoms with E-state index in [2.05, 4.69) is 40.9 Å². The molecule has 1 aliphatic rings. The molecule has 2 aromatic carbocycles. The summed E-state index contributed by atoms with van der Waals surface area (Å²) in [5.74, 6) is 1.52. The predicted octanol–water partition coefficient (Wildman–Crippen LogP) is 5.07. The van der Waals surface area contributed by atoms with E-state index >= 15 is 0 Å². The topological polar surface area (TPSA) is 140 Å². The molecule has 0 atom stereocenters. The van der Waals surface area contributed by atoms with Gasteiger partial charge in [0.1, 0.15) is 11.6 Å². The van der Waals surface area contributed by atoms with Crippen LogP contribution in [-0.4, -0.2) is 58.7 Å². The normalized spacial score (nSPS) is 12.6. The minimum Gasteiger partial charge on any atom is -0.424 e. The Morgan fingerprint density at radius 2 is 1.79 bits per heavy atom. The zero-order chi connectivity index (χ0) is 28.5. The highest BCUT2D eigenvalue weighted by Crippen LogP contribution is 2.29. The van der Waals surface area contributed by atoms with E-state index in [1.54, 1.807) is 28.9 Å². The Balaban J connectivity index is 1.00. The number of benzene rings is 2. The third-order valence-electron chi connectivity index (χ3n) is 6.67. The molecule has 13 nitrogen and oxygen atoms in total. The highest BCUT2D eigenvalue weighted by Gasteiger charge is 2.18. The SMILES string of the molecule is O=C(Nc1cnc(Oc2ccc(-c3cnn4ccc(N5CCC5)nc34)cc2)nc1)Nc1cc(Cl)ccc1-n1ccnn1. The van der Waals surface area contributed by atoms with Crippen molar-refractivity contribution in [1.29, 1.82) is 0 Å². The van der Waals surface area contributed by atoms with E-state index in [1.807, 2.05) is 42.7 Å². The van der Waals surface area contributed by atoms with Crippen LogP contribution in [0.5, 0.6) is 11.8 Å². The monoisotopic (exact) mass is 579 g/mol. The summed E-state index contributed by atoms with van der Waals surface area (Å²) in [6, 6.07) is 14.2. The van der Waals surface area contributed by atoms with Crippen LogP contribution in [0.4, 0.5) is 22.0 Å². The molecule has 14 heteroatoms. The first-order valence-corrected chi connectivity index (χ1v) is 13.4. The van der Waals surface area contributed by atoms with Crippen LogP contribution in [0.3, 0.4) is 0 Å². The number of anilines is 3. The second kappa shape index (κ2) is 10.8. The minimum atomic E-state index is -0.509. The number of nitrogens with zero attached hydrogens (tertiary/aromatic N) is 9. The summed E-state index contributed by atoms with van der Waals surface area (Å²) in [5.41, 5.74) is 4.12. The summed E-state index contributed by atoms with van der Waals surface area (Å²) in [4.78, 5) is 28.2. The Kier molecular flexibility index (Phi) is 6.52. The van der Waals surface area contributed by atoms with Gasteiger partial charge in [0, 0.05) is 29.9 Å². The first-order chi connectivity index (χ1) is 20.6. The standard InChI is InChI=1S/C28H22ClN11O2/c29-19-4-7-24(39-13-9-32-37-39)23(14-19)35-27(41)34-20-15-30-28(31-16-20)42-21-5-2-18(3-6-21)22-17-33-40-12-8-25(36-26(22)40)38-10-1-11-38/h2-9,12-17H,1,10-11H2,(H2,34,35,41). The summed E-state index contributed by atoms with van der Waals surface area (Å²) < 4.78 is 9.11. The van der Waals surface area contributed by atoms with Crippen molar-refractivity contribution in [3.05, 3.63) is 90.7 Å². The minimum absolute atomic E-state index is 0.133. The van der Waals surface area contributed by atoms with Gasteiger partial charge < -0.3 is 20.3 Å². The van der Waals surface area contributed by atoms with Gasteiger partial charge in [0.25, 0.3) is 0 Å². The van der Waals surface area contributed by atoms with Crippen LogP contribution in [0.15, 0.2) is 85.7 Å². The summed E-state index contributed by atoms with van der Waals surface area (Å²) in [6.45, 7) is 2.06. The number of hydrogen-bond acceptors (Lipinski definition) is 9. The first kappa shape index (κ1) is 25.4. The van der Waals surface area contributed by atoms with Crippen molar-refractivity contribution < 1.29 is 9.53 Å². The quantitative estimate of drug-likeness (QED) is 0.265. The number of amides is 2. The summed E-state index contributed by atoms with van der Waals surface area (Å²) in [6.07, 6.45) is 11.0. The van der Waals surface area contributed by atoms with Crippen molar-refractivity contribution in [2.24, 2.45) is 0 Å². The number of fused-ring (bicyclic) bond motifs is 1. The van der Waals surface area contributed by atoms with Crippen LogP contribution in [-0.2, 0) is 0 Å². The molecule has 1 fully saturated rings. The molecule has 0 radical (unpaired) electrons. The molecule has 2 N–H and O–H groups in total. The smallest absolute Gasteiger partial charge is 0.323 e. The Morgan fingerprint density at radius 3 is 2.52 bits per heavy atom. The van der Waals surface area contributed by atoms with Crippen LogP contribution < -0.4 is 20.3 Å². The van der Waals surface area contributed by atoms with E-state index in [0.29, 0.717) is 27.8 Å². The van der Waals surface area contributed by atoms with E-state index in [1.165, 1.54) is 29.7 Å². The van der Waals surface area contributed by atoms with Crippen LogP contribution in [0, 0.1) is 0 Å². The fourth-order valence-corrected chi connectivity index (χ4v) is 4.63. The van der Waals surface area contributed by atoms with Gasteiger partial charge in [-0.2, -0.15) is 5.10 Å². The van der Waals surface area contributed by atoms with Crippen molar-refractivity contribution in [3.63, 3.8) is 0 Å². The van der Waals surface area contributed by atoms with Gasteiger partial charge in [0.15, 0.2) is 5.65 Å². The van der Waals surface area contributed by atoms with E-state index in [0.717, 1.165) is 35.7 Å². The molecule has 2 amide bonds. The molecule has 0 unspecified atom stereocenters. The fourth-order valence-electron chi connectivity index (χ4n) is 4.46. The van der Waals surface area contributed by atoms with Crippen LogP contribution >= 0.6 is 11.6 Å². The third kappa shape index (κ3) is 5.15. The predicted molar refractivity (Wildman–Crippen MR) is 156 cm³/mol. The van der Waals surface area contributed by atoms with Gasteiger partial charge in [-0.25, -0.2) is 28.9 Å². The van der Waals surface area contributed by atoms with E-state index in [-0.39, 0.29) is 6.01 Å². The van der Waals surface area contributed by atoms with Crippen molar-refractivity contribution >= 4 is 40.5 Å². The van der Waals surface area contributed by atoms with Gasteiger partial charge >= 0.3 is 12.0 Å². The van der Waals surface area contributed by atoms with Gasteiger partial charge in [0.05, 0.1) is 48.0 Å². The second-order valence-corrected chi connectivity index (χ2v) is 9.86. The second-order valence-electron chi connectivity index (χ2n) is 9.42. The molecular formula is C28H22ClN11O2. The maximum atomic E-state index is 12.7. The Hall–Kier alpha value is -5.56. The zero-order valence-electron chi connectivity index (χ0n) is 21.9. The van der Waals surface area contributed by atoms with Gasteiger partial charge in [-0.15, -0.1) is 5.10 Å². The average molecular weight is 580 g/mol. The maximum absolute atomic E-state index is 12.7. The van der Waals surface area contributed by atoms with E-state index in [4.69, 9.17) is 21.3 Å². The molecule has 42 heavy (non-hydrogen) atoms. The molecule has 5 heterocycles. The number of urea groups is 1. The van der Waals surface area contributed by atoms with Crippen molar-refractivity contribution in [1.82, 2.24) is 39.6 Å². The van der Waals surface area contributed by atoms with Crippen molar-refractivity contribution in [2.45, 2.75) is 6.42 Å². The molecule has 0 spiro atoms. The summed E-state index contributed by atoms with van der Waals surface area (Å²) in [7, 11) is 0. The molecule has 0 bridgehead atoms. The number of ether oxygens (including phenoxy) is 1. The van der Waals surface area contributed by atoms with Gasteiger partial charge in [-0.05, 0) is 48.4 Å². The van der Waals surface area contributed by atoms with Crippen molar-refractivity contribution in [2.75, 3.05) is 28.6 Å². The molecule has 1 saturated heterocycles. The molecule has 7 rings (SSSR count). The van der Waals surface area contributed by atoms with E-state index in [9.17, 15) is 4.79 Å². The number of carbonyl (C=O) groups excluding carboxylic acids is 1. The highest BCUT2D eigenvalue weighted by molar-refractivity contribution is 6.31. The number of halogens is 1. The summed E-state index contributed by atoms with van der Waals surface area (Å²) >= 11 is 6.13. The zero-order valence-corrected chi connectivity index (χ0v) is 22.7. The largest absolute Gasteiger partial charge is 0.424 e. The van der Waals surface area contributed by atoms with E-state index < -0.39 is 6.03 Å². The lowest BCUT2D eigenvalue weighted by Gasteiger charge is -2.31. The lowest BCUT2D eigenvalue weighted by Crippen LogP contribution is -2.37. The third-order valence-corrected chi connectivity index (χ3v) is 6.91. The molecule has 1 aliphatic heterocycles. The molecule has 0 saturated carbocycles. The lowest BCUT2D eigenvalue weighted by atomic mass is 10.1. The molecule has 208 valence electrons.